The molecule has 0 spiro atoms. The van der Waals surface area contributed by atoms with Crippen LogP contribution in [0.2, 0.25) is 0 Å². The number of furan rings is 2. The predicted molar refractivity (Wildman–Crippen MR) is 234 cm³/mol. The fourth-order valence-corrected chi connectivity index (χ4v) is 9.66. The molecule has 0 fully saturated rings. The zero-order valence-corrected chi connectivity index (χ0v) is 31.0. The summed E-state index contributed by atoms with van der Waals surface area (Å²) in [6.07, 6.45) is 0. The summed E-state index contributed by atoms with van der Waals surface area (Å²) in [5, 5.41) is 9.15. The van der Waals surface area contributed by atoms with Crippen LogP contribution in [-0.4, -0.2) is 0 Å². The van der Waals surface area contributed by atoms with Gasteiger partial charge in [0.05, 0.1) is 5.69 Å². The highest BCUT2D eigenvalue weighted by molar-refractivity contribution is 6.28. The van der Waals surface area contributed by atoms with Crippen LogP contribution in [0.25, 0.3) is 87.7 Å². The van der Waals surface area contributed by atoms with Gasteiger partial charge in [-0.15, -0.1) is 0 Å². The SMILES string of the molecule is CC1(C)c2ccccc2-c2ccc(N(c3ccccc3)c3c(-c4cc5ccccc5c5ccccc45)ccc4c3oc3ccc5oc6ccccc6c5c34)cc21. The third-order valence-electron chi connectivity index (χ3n) is 12.2. The van der Waals surface area contributed by atoms with Crippen LogP contribution in [0.5, 0.6) is 0 Å². The smallest absolute Gasteiger partial charge is 0.160 e. The van der Waals surface area contributed by atoms with E-state index in [1.165, 1.54) is 43.8 Å². The summed E-state index contributed by atoms with van der Waals surface area (Å²) in [6.45, 7) is 4.70. The van der Waals surface area contributed by atoms with E-state index >= 15 is 0 Å². The van der Waals surface area contributed by atoms with Crippen molar-refractivity contribution in [2.75, 3.05) is 4.90 Å². The van der Waals surface area contributed by atoms with E-state index in [0.717, 1.165) is 72.1 Å². The lowest BCUT2D eigenvalue weighted by atomic mass is 9.82. The molecule has 0 saturated heterocycles. The minimum Gasteiger partial charge on any atom is -0.456 e. The zero-order valence-electron chi connectivity index (χ0n) is 31.0. The number of benzene rings is 9. The van der Waals surface area contributed by atoms with Crippen LogP contribution in [0.15, 0.2) is 185 Å². The van der Waals surface area contributed by atoms with Crippen molar-refractivity contribution < 1.29 is 8.83 Å². The third-order valence-corrected chi connectivity index (χ3v) is 12.2. The molecular weight excluding hydrogens is 683 g/mol. The van der Waals surface area contributed by atoms with Crippen LogP contribution in [0.3, 0.4) is 0 Å². The lowest BCUT2D eigenvalue weighted by molar-refractivity contribution is 0.660. The summed E-state index contributed by atoms with van der Waals surface area (Å²) >= 11 is 0. The van der Waals surface area contributed by atoms with Gasteiger partial charge >= 0.3 is 0 Å². The largest absolute Gasteiger partial charge is 0.456 e. The summed E-state index contributed by atoms with van der Waals surface area (Å²) in [4.78, 5) is 2.42. The van der Waals surface area contributed by atoms with E-state index < -0.39 is 0 Å². The van der Waals surface area contributed by atoms with Crippen LogP contribution < -0.4 is 4.90 Å². The number of para-hydroxylation sites is 2. The van der Waals surface area contributed by atoms with Gasteiger partial charge < -0.3 is 13.7 Å². The molecule has 1 aliphatic carbocycles. The molecular formula is C53H35NO2. The van der Waals surface area contributed by atoms with E-state index in [9.17, 15) is 0 Å². The standard InChI is InChI=1S/C53H35NO2/c1-53(2)44-22-12-10-20-38(44)39-25-24-34(31-45(39)53)54(33-15-4-3-5-16-33)51-40(43-30-32-14-6-7-17-35(32)36-18-8-9-19-37(36)43)26-27-42-50-48(56-52(42)51)29-28-47-49(50)41-21-11-13-23-46(41)55-47/h3-31H,1-2H3. The Morgan fingerprint density at radius 3 is 1.89 bits per heavy atom. The molecule has 11 aromatic rings. The molecule has 0 radical (unpaired) electrons. The van der Waals surface area contributed by atoms with Crippen molar-refractivity contribution in [1.82, 2.24) is 0 Å². The molecule has 0 saturated carbocycles. The number of anilines is 3. The highest BCUT2D eigenvalue weighted by atomic mass is 16.3. The first kappa shape index (κ1) is 31.3. The number of hydrogen-bond acceptors (Lipinski definition) is 3. The molecule has 0 unspecified atom stereocenters. The maximum absolute atomic E-state index is 7.20. The molecule has 3 heteroatoms. The summed E-state index contributed by atoms with van der Waals surface area (Å²) in [5.41, 5.74) is 13.9. The van der Waals surface area contributed by atoms with Crippen LogP contribution in [0, 0.1) is 0 Å². The lowest BCUT2D eigenvalue weighted by Gasteiger charge is -2.30. The van der Waals surface area contributed by atoms with Crippen molar-refractivity contribution in [2.24, 2.45) is 0 Å². The van der Waals surface area contributed by atoms with E-state index in [-0.39, 0.29) is 5.41 Å². The molecule has 264 valence electrons. The fraction of sp³-hybridized carbons (Fsp3) is 0.0566. The van der Waals surface area contributed by atoms with E-state index in [1.54, 1.807) is 0 Å². The molecule has 2 aromatic heterocycles. The maximum Gasteiger partial charge on any atom is 0.160 e. The Balaban J connectivity index is 1.23. The van der Waals surface area contributed by atoms with Gasteiger partial charge in [0.15, 0.2) is 5.58 Å². The first-order valence-corrected chi connectivity index (χ1v) is 19.3. The minimum absolute atomic E-state index is 0.166. The Kier molecular flexibility index (Phi) is 6.40. The van der Waals surface area contributed by atoms with Crippen LogP contribution in [-0.2, 0) is 5.41 Å². The van der Waals surface area contributed by atoms with Crippen molar-refractivity contribution >= 4 is 82.5 Å². The first-order valence-electron chi connectivity index (χ1n) is 19.3. The molecule has 0 amide bonds. The highest BCUT2D eigenvalue weighted by Gasteiger charge is 2.36. The summed E-state index contributed by atoms with van der Waals surface area (Å²) in [6, 6.07) is 63.5. The zero-order chi connectivity index (χ0) is 37.1. The summed E-state index contributed by atoms with van der Waals surface area (Å²) in [7, 11) is 0. The second-order valence-corrected chi connectivity index (χ2v) is 15.6. The second-order valence-electron chi connectivity index (χ2n) is 15.6. The number of rotatable bonds is 4. The molecule has 9 aromatic carbocycles. The van der Waals surface area contributed by atoms with Gasteiger partial charge in [0.2, 0.25) is 0 Å². The van der Waals surface area contributed by atoms with Crippen molar-refractivity contribution in [1.29, 1.82) is 0 Å². The third kappa shape index (κ3) is 4.28. The van der Waals surface area contributed by atoms with Crippen molar-refractivity contribution in [3.63, 3.8) is 0 Å². The van der Waals surface area contributed by atoms with Crippen molar-refractivity contribution in [2.45, 2.75) is 19.3 Å². The Bertz CT molecular complexity index is 3400. The molecule has 2 heterocycles. The van der Waals surface area contributed by atoms with Crippen molar-refractivity contribution in [3.05, 3.63) is 187 Å². The van der Waals surface area contributed by atoms with Gasteiger partial charge in [-0.3, -0.25) is 0 Å². The number of fused-ring (bicyclic) bond motifs is 13. The quantitative estimate of drug-likeness (QED) is 0.170. The second kappa shape index (κ2) is 11.5. The van der Waals surface area contributed by atoms with E-state index in [2.05, 4.69) is 176 Å². The van der Waals surface area contributed by atoms with Crippen molar-refractivity contribution in [3.8, 4) is 22.3 Å². The summed E-state index contributed by atoms with van der Waals surface area (Å²) in [5.74, 6) is 0. The van der Waals surface area contributed by atoms with Gasteiger partial charge in [-0.1, -0.05) is 135 Å². The van der Waals surface area contributed by atoms with Crippen LogP contribution in [0.1, 0.15) is 25.0 Å². The molecule has 0 N–H and O–H groups in total. The Labute approximate surface area is 323 Å². The Hall–Kier alpha value is -7.10. The molecule has 0 atom stereocenters. The normalized spacial score (nSPS) is 13.3. The molecule has 0 aliphatic heterocycles. The van der Waals surface area contributed by atoms with Gasteiger partial charge in [-0.05, 0) is 104 Å². The fourth-order valence-electron chi connectivity index (χ4n) is 9.66. The molecule has 12 rings (SSSR count). The van der Waals surface area contributed by atoms with Crippen LogP contribution >= 0.6 is 0 Å². The van der Waals surface area contributed by atoms with Gasteiger partial charge in [-0.25, -0.2) is 0 Å². The summed E-state index contributed by atoms with van der Waals surface area (Å²) < 4.78 is 13.6. The van der Waals surface area contributed by atoms with Gasteiger partial charge in [0.25, 0.3) is 0 Å². The first-order chi connectivity index (χ1) is 27.5. The van der Waals surface area contributed by atoms with Gasteiger partial charge in [0, 0.05) is 43.9 Å². The monoisotopic (exact) mass is 717 g/mol. The number of hydrogen-bond donors (Lipinski definition) is 0. The predicted octanol–water partition coefficient (Wildman–Crippen LogP) is 15.2. The van der Waals surface area contributed by atoms with Gasteiger partial charge in [-0.2, -0.15) is 0 Å². The average Bonchev–Trinajstić information content (AvgIpc) is 3.89. The van der Waals surface area contributed by atoms with E-state index in [4.69, 9.17) is 8.83 Å². The van der Waals surface area contributed by atoms with E-state index in [0.29, 0.717) is 0 Å². The number of nitrogens with zero attached hydrogens (tertiary/aromatic N) is 1. The van der Waals surface area contributed by atoms with Crippen LogP contribution in [0.4, 0.5) is 17.1 Å². The topological polar surface area (TPSA) is 29.5 Å². The Morgan fingerprint density at radius 2 is 1.04 bits per heavy atom. The average molecular weight is 718 g/mol. The Morgan fingerprint density at radius 1 is 0.393 bits per heavy atom. The molecule has 1 aliphatic rings. The molecule has 56 heavy (non-hydrogen) atoms. The minimum atomic E-state index is -0.166. The van der Waals surface area contributed by atoms with Gasteiger partial charge in [0.1, 0.15) is 16.7 Å². The molecule has 0 bridgehead atoms. The molecule has 3 nitrogen and oxygen atoms in total. The lowest BCUT2D eigenvalue weighted by Crippen LogP contribution is -2.17. The maximum atomic E-state index is 7.20. The van der Waals surface area contributed by atoms with E-state index in [1.807, 2.05) is 18.2 Å². The highest BCUT2D eigenvalue weighted by Crippen LogP contribution is 2.54.